The first-order valence-electron chi connectivity index (χ1n) is 7.09. The van der Waals surface area contributed by atoms with Gasteiger partial charge in [0.15, 0.2) is 12.4 Å². The van der Waals surface area contributed by atoms with Crippen LogP contribution in [0.4, 0.5) is 4.39 Å². The third kappa shape index (κ3) is 2.70. The van der Waals surface area contributed by atoms with Crippen molar-refractivity contribution in [1.29, 1.82) is 0 Å². The molecule has 22 heavy (non-hydrogen) atoms. The van der Waals surface area contributed by atoms with Crippen LogP contribution in [0.5, 0.6) is 0 Å². The van der Waals surface area contributed by atoms with Crippen molar-refractivity contribution in [2.45, 2.75) is 19.8 Å². The Labute approximate surface area is 127 Å². The molecule has 3 aromatic rings. The molecule has 0 saturated heterocycles. The summed E-state index contributed by atoms with van der Waals surface area (Å²) in [4.78, 5) is 7.96. The summed E-state index contributed by atoms with van der Waals surface area (Å²) in [7, 11) is 0. The molecule has 0 fully saturated rings. The highest BCUT2D eigenvalue weighted by Gasteiger charge is 2.16. The van der Waals surface area contributed by atoms with Gasteiger partial charge in [-0.25, -0.2) is 9.37 Å². The Morgan fingerprint density at radius 2 is 1.68 bits per heavy atom. The SMILES string of the molecule is CC(C)c1nc(-c2cc[n+]([O-])cc2)c(-c2ccc(F)cc2)[nH]1. The first-order valence-corrected chi connectivity index (χ1v) is 7.09. The van der Waals surface area contributed by atoms with Crippen LogP contribution in [0.15, 0.2) is 48.8 Å². The molecule has 0 unspecified atom stereocenters. The number of nitrogens with zero attached hydrogens (tertiary/aromatic N) is 2. The Balaban J connectivity index is 2.15. The lowest BCUT2D eigenvalue weighted by Crippen LogP contribution is -2.23. The van der Waals surface area contributed by atoms with Gasteiger partial charge in [0.2, 0.25) is 0 Å². The molecule has 0 aliphatic carbocycles. The van der Waals surface area contributed by atoms with Gasteiger partial charge in [0.05, 0.1) is 11.4 Å². The summed E-state index contributed by atoms with van der Waals surface area (Å²) < 4.78 is 13.9. The van der Waals surface area contributed by atoms with Crippen molar-refractivity contribution in [3.63, 3.8) is 0 Å². The molecule has 3 rings (SSSR count). The number of aromatic amines is 1. The number of hydrogen-bond acceptors (Lipinski definition) is 2. The molecule has 2 heterocycles. The molecule has 2 aromatic heterocycles. The van der Waals surface area contributed by atoms with E-state index >= 15 is 0 Å². The first-order chi connectivity index (χ1) is 10.5. The molecular formula is C17H16FN3O. The van der Waals surface area contributed by atoms with Gasteiger partial charge in [0.25, 0.3) is 0 Å². The van der Waals surface area contributed by atoms with Crippen molar-refractivity contribution < 1.29 is 9.12 Å². The highest BCUT2D eigenvalue weighted by Crippen LogP contribution is 2.31. The van der Waals surface area contributed by atoms with Crippen LogP contribution in [-0.2, 0) is 0 Å². The molecule has 0 bridgehead atoms. The van der Waals surface area contributed by atoms with Crippen LogP contribution in [0.25, 0.3) is 22.5 Å². The number of pyridine rings is 1. The van der Waals surface area contributed by atoms with E-state index in [2.05, 4.69) is 9.97 Å². The molecule has 1 aromatic carbocycles. The van der Waals surface area contributed by atoms with E-state index in [0.717, 1.165) is 33.1 Å². The largest absolute Gasteiger partial charge is 0.619 e. The van der Waals surface area contributed by atoms with Crippen LogP contribution in [0.3, 0.4) is 0 Å². The fourth-order valence-electron chi connectivity index (χ4n) is 2.27. The highest BCUT2D eigenvalue weighted by molar-refractivity contribution is 5.78. The summed E-state index contributed by atoms with van der Waals surface area (Å²) in [6, 6.07) is 9.72. The monoisotopic (exact) mass is 297 g/mol. The minimum absolute atomic E-state index is 0.237. The van der Waals surface area contributed by atoms with Gasteiger partial charge < -0.3 is 10.2 Å². The molecular weight excluding hydrogens is 281 g/mol. The summed E-state index contributed by atoms with van der Waals surface area (Å²) >= 11 is 0. The van der Waals surface area contributed by atoms with Crippen LogP contribution in [0, 0.1) is 11.0 Å². The van der Waals surface area contributed by atoms with E-state index in [-0.39, 0.29) is 11.7 Å². The van der Waals surface area contributed by atoms with Crippen molar-refractivity contribution in [1.82, 2.24) is 9.97 Å². The van der Waals surface area contributed by atoms with Crippen LogP contribution < -0.4 is 4.73 Å². The average Bonchev–Trinajstić information content (AvgIpc) is 2.94. The molecule has 1 N–H and O–H groups in total. The second kappa shape index (κ2) is 5.60. The van der Waals surface area contributed by atoms with Crippen LogP contribution in [-0.4, -0.2) is 9.97 Å². The molecule has 0 aliphatic rings. The number of imidazole rings is 1. The van der Waals surface area contributed by atoms with E-state index in [1.807, 2.05) is 13.8 Å². The van der Waals surface area contributed by atoms with Crippen LogP contribution >= 0.6 is 0 Å². The van der Waals surface area contributed by atoms with E-state index in [0.29, 0.717) is 0 Å². The minimum atomic E-state index is -0.277. The van der Waals surface area contributed by atoms with Crippen molar-refractivity contribution >= 4 is 0 Å². The fraction of sp³-hybridized carbons (Fsp3) is 0.176. The first kappa shape index (κ1) is 14.3. The number of benzene rings is 1. The van der Waals surface area contributed by atoms with Crippen molar-refractivity contribution in [2.75, 3.05) is 0 Å². The van der Waals surface area contributed by atoms with Gasteiger partial charge in [-0.05, 0) is 24.3 Å². The normalized spacial score (nSPS) is 11.1. The number of H-pyrrole nitrogens is 1. The zero-order valence-electron chi connectivity index (χ0n) is 12.4. The molecule has 0 aliphatic heterocycles. The van der Waals surface area contributed by atoms with E-state index in [9.17, 15) is 9.60 Å². The van der Waals surface area contributed by atoms with Crippen molar-refractivity contribution in [3.05, 3.63) is 65.6 Å². The highest BCUT2D eigenvalue weighted by atomic mass is 19.1. The third-order valence-corrected chi connectivity index (χ3v) is 3.48. The summed E-state index contributed by atoms with van der Waals surface area (Å²) in [6.45, 7) is 4.10. The lowest BCUT2D eigenvalue weighted by molar-refractivity contribution is -0.605. The molecule has 4 nitrogen and oxygen atoms in total. The van der Waals surface area contributed by atoms with Crippen LogP contribution in [0.2, 0.25) is 0 Å². The van der Waals surface area contributed by atoms with E-state index in [1.165, 1.54) is 24.5 Å². The van der Waals surface area contributed by atoms with Crippen molar-refractivity contribution in [3.8, 4) is 22.5 Å². The van der Waals surface area contributed by atoms with Gasteiger partial charge in [0.1, 0.15) is 11.6 Å². The van der Waals surface area contributed by atoms with Crippen molar-refractivity contribution in [2.24, 2.45) is 0 Å². The topological polar surface area (TPSA) is 55.6 Å². The molecule has 0 radical (unpaired) electrons. The zero-order valence-corrected chi connectivity index (χ0v) is 12.4. The van der Waals surface area contributed by atoms with Gasteiger partial charge in [-0.3, -0.25) is 0 Å². The number of rotatable bonds is 3. The second-order valence-corrected chi connectivity index (χ2v) is 5.45. The predicted molar refractivity (Wildman–Crippen MR) is 82.5 cm³/mol. The number of aromatic nitrogens is 3. The maximum Gasteiger partial charge on any atom is 0.181 e. The van der Waals surface area contributed by atoms with E-state index < -0.39 is 0 Å². The maximum atomic E-state index is 13.1. The smallest absolute Gasteiger partial charge is 0.181 e. The Kier molecular flexibility index (Phi) is 3.63. The summed E-state index contributed by atoms with van der Waals surface area (Å²) in [5.41, 5.74) is 3.28. The lowest BCUT2D eigenvalue weighted by atomic mass is 10.1. The number of nitrogens with one attached hydrogen (secondary N) is 1. The van der Waals surface area contributed by atoms with Gasteiger partial charge in [0, 0.05) is 29.2 Å². The third-order valence-electron chi connectivity index (χ3n) is 3.48. The standard InChI is InChI=1S/C17H16FN3O/c1-11(2)17-19-15(12-3-5-14(18)6-4-12)16(20-17)13-7-9-21(22)10-8-13/h3-11H,1-2H3,(H,19,20). The molecule has 0 saturated carbocycles. The zero-order chi connectivity index (χ0) is 15.7. The number of halogens is 1. The lowest BCUT2D eigenvalue weighted by Gasteiger charge is -2.03. The van der Waals surface area contributed by atoms with E-state index in [1.54, 1.807) is 24.3 Å². The summed E-state index contributed by atoms with van der Waals surface area (Å²) in [6.07, 6.45) is 2.88. The van der Waals surface area contributed by atoms with Gasteiger partial charge in [-0.1, -0.05) is 13.8 Å². The maximum absolute atomic E-state index is 13.1. The molecule has 112 valence electrons. The summed E-state index contributed by atoms with van der Waals surface area (Å²) in [5.74, 6) is 0.815. The molecule has 0 amide bonds. The average molecular weight is 297 g/mol. The molecule has 5 heteroatoms. The number of hydrogen-bond donors (Lipinski definition) is 1. The van der Waals surface area contributed by atoms with Gasteiger partial charge in [-0.15, -0.1) is 0 Å². The van der Waals surface area contributed by atoms with E-state index in [4.69, 9.17) is 0 Å². The van der Waals surface area contributed by atoms with Gasteiger partial charge >= 0.3 is 0 Å². The van der Waals surface area contributed by atoms with Gasteiger partial charge in [-0.2, -0.15) is 4.73 Å². The Bertz CT molecular complexity index is 714. The van der Waals surface area contributed by atoms with Crippen LogP contribution in [0.1, 0.15) is 25.6 Å². The molecule has 0 atom stereocenters. The minimum Gasteiger partial charge on any atom is -0.619 e. The predicted octanol–water partition coefficient (Wildman–Crippen LogP) is 3.64. The fourth-order valence-corrected chi connectivity index (χ4v) is 2.27. The second-order valence-electron chi connectivity index (χ2n) is 5.45. The quantitative estimate of drug-likeness (QED) is 0.592. The Hall–Kier alpha value is -2.69. The Morgan fingerprint density at radius 3 is 2.27 bits per heavy atom. The summed E-state index contributed by atoms with van der Waals surface area (Å²) in [5, 5.41) is 11.2. The molecule has 0 spiro atoms. The Morgan fingerprint density at radius 1 is 1.05 bits per heavy atom.